The van der Waals surface area contributed by atoms with Crippen molar-refractivity contribution < 1.29 is 4.52 Å². The van der Waals surface area contributed by atoms with Gasteiger partial charge in [0.05, 0.1) is 5.39 Å². The fraction of sp³-hybridized carbons (Fsp3) is 0.188. The van der Waals surface area contributed by atoms with Gasteiger partial charge < -0.3 is 9.42 Å². The van der Waals surface area contributed by atoms with E-state index in [2.05, 4.69) is 10.3 Å². The molecule has 0 atom stereocenters. The lowest BCUT2D eigenvalue weighted by molar-refractivity contribution is 0.419. The van der Waals surface area contributed by atoms with Gasteiger partial charge in [-0.25, -0.2) is 4.68 Å². The third-order valence-electron chi connectivity index (χ3n) is 3.27. The standard InChI is InChI=1S/C16H16N4O2/c1-19(2)10-9-12-13-14(11-7-5-4-6-8-11)17-20(3)16(21)15(13)18-22-12/h4-10H,1-3H3/b10-9+. The molecule has 2 aromatic heterocycles. The summed E-state index contributed by atoms with van der Waals surface area (Å²) in [5.41, 5.74) is 1.60. The highest BCUT2D eigenvalue weighted by Gasteiger charge is 2.18. The van der Waals surface area contributed by atoms with Crippen LogP contribution in [0.3, 0.4) is 0 Å². The highest BCUT2D eigenvalue weighted by molar-refractivity contribution is 5.96. The molecule has 0 aliphatic carbocycles. The molecule has 0 bridgehead atoms. The molecule has 0 saturated heterocycles. The fourth-order valence-corrected chi connectivity index (χ4v) is 2.20. The summed E-state index contributed by atoms with van der Waals surface area (Å²) in [7, 11) is 5.42. The average molecular weight is 296 g/mol. The molecule has 0 spiro atoms. The van der Waals surface area contributed by atoms with Crippen molar-refractivity contribution in [1.82, 2.24) is 19.8 Å². The Morgan fingerprint density at radius 2 is 1.95 bits per heavy atom. The van der Waals surface area contributed by atoms with Crippen LogP contribution in [0.15, 0.2) is 45.8 Å². The number of benzene rings is 1. The molecule has 6 heteroatoms. The normalized spacial score (nSPS) is 11.4. The van der Waals surface area contributed by atoms with Gasteiger partial charge in [-0.05, 0) is 0 Å². The third kappa shape index (κ3) is 2.39. The zero-order valence-corrected chi connectivity index (χ0v) is 12.6. The number of rotatable bonds is 3. The topological polar surface area (TPSA) is 64.2 Å². The van der Waals surface area contributed by atoms with E-state index in [1.54, 1.807) is 13.1 Å². The Kier molecular flexibility index (Phi) is 3.50. The first kappa shape index (κ1) is 14.1. The Labute approximate surface area is 127 Å². The van der Waals surface area contributed by atoms with E-state index in [0.29, 0.717) is 16.8 Å². The predicted octanol–water partition coefficient (Wildman–Crippen LogP) is 2.12. The lowest BCUT2D eigenvalue weighted by Crippen LogP contribution is -2.20. The van der Waals surface area contributed by atoms with E-state index in [0.717, 1.165) is 5.56 Å². The number of hydrogen-bond acceptors (Lipinski definition) is 5. The number of fused-ring (bicyclic) bond motifs is 1. The molecular weight excluding hydrogens is 280 g/mol. The first-order valence-corrected chi connectivity index (χ1v) is 6.84. The van der Waals surface area contributed by atoms with Crippen LogP contribution in [0.1, 0.15) is 5.76 Å². The van der Waals surface area contributed by atoms with Crippen molar-refractivity contribution in [2.75, 3.05) is 14.1 Å². The zero-order valence-electron chi connectivity index (χ0n) is 12.6. The maximum Gasteiger partial charge on any atom is 0.296 e. The molecule has 2 heterocycles. The summed E-state index contributed by atoms with van der Waals surface area (Å²) in [5.74, 6) is 0.521. The van der Waals surface area contributed by atoms with Crippen LogP contribution in [0.25, 0.3) is 28.2 Å². The molecule has 0 unspecified atom stereocenters. The Hall–Kier alpha value is -2.89. The van der Waals surface area contributed by atoms with Gasteiger partial charge >= 0.3 is 0 Å². The summed E-state index contributed by atoms with van der Waals surface area (Å²) < 4.78 is 6.63. The van der Waals surface area contributed by atoms with Crippen LogP contribution in [0, 0.1) is 0 Å². The van der Waals surface area contributed by atoms with Gasteiger partial charge in [-0.15, -0.1) is 0 Å². The number of aryl methyl sites for hydroxylation is 1. The highest BCUT2D eigenvalue weighted by atomic mass is 16.5. The predicted molar refractivity (Wildman–Crippen MR) is 85.2 cm³/mol. The Morgan fingerprint density at radius 1 is 1.23 bits per heavy atom. The lowest BCUT2D eigenvalue weighted by atomic mass is 10.1. The van der Waals surface area contributed by atoms with Crippen LogP contribution in [-0.2, 0) is 7.05 Å². The number of nitrogens with zero attached hydrogens (tertiary/aromatic N) is 4. The van der Waals surface area contributed by atoms with Crippen LogP contribution in [0.2, 0.25) is 0 Å². The van der Waals surface area contributed by atoms with E-state index in [-0.39, 0.29) is 11.1 Å². The molecule has 3 rings (SSSR count). The SMILES string of the molecule is CN(C)/C=C/c1onc2c(=O)n(C)nc(-c3ccccc3)c12. The highest BCUT2D eigenvalue weighted by Crippen LogP contribution is 2.28. The first-order valence-electron chi connectivity index (χ1n) is 6.84. The van der Waals surface area contributed by atoms with Crippen molar-refractivity contribution in [1.29, 1.82) is 0 Å². The summed E-state index contributed by atoms with van der Waals surface area (Å²) in [6, 6.07) is 9.67. The maximum atomic E-state index is 12.2. The van der Waals surface area contributed by atoms with Crippen molar-refractivity contribution >= 4 is 17.0 Å². The Balaban J connectivity index is 2.33. The van der Waals surface area contributed by atoms with Gasteiger partial charge in [-0.3, -0.25) is 4.79 Å². The minimum absolute atomic E-state index is 0.275. The van der Waals surface area contributed by atoms with Crippen molar-refractivity contribution in [2.24, 2.45) is 7.05 Å². The summed E-state index contributed by atoms with van der Waals surface area (Å²) in [5, 5.41) is 8.94. The molecular formula is C16H16N4O2. The number of hydrogen-bond donors (Lipinski definition) is 0. The van der Waals surface area contributed by atoms with Crippen LogP contribution >= 0.6 is 0 Å². The van der Waals surface area contributed by atoms with Gasteiger partial charge in [-0.1, -0.05) is 35.5 Å². The minimum Gasteiger partial charge on any atom is -0.383 e. The smallest absolute Gasteiger partial charge is 0.296 e. The summed E-state index contributed by atoms with van der Waals surface area (Å²) in [6.07, 6.45) is 3.62. The van der Waals surface area contributed by atoms with E-state index in [9.17, 15) is 4.79 Å². The maximum absolute atomic E-state index is 12.2. The molecule has 0 saturated carbocycles. The molecule has 22 heavy (non-hydrogen) atoms. The molecule has 0 N–H and O–H groups in total. The Morgan fingerprint density at radius 3 is 2.64 bits per heavy atom. The molecule has 6 nitrogen and oxygen atoms in total. The fourth-order valence-electron chi connectivity index (χ4n) is 2.20. The van der Waals surface area contributed by atoms with Crippen LogP contribution in [-0.4, -0.2) is 33.9 Å². The van der Waals surface area contributed by atoms with Crippen molar-refractivity contribution in [3.63, 3.8) is 0 Å². The first-order chi connectivity index (χ1) is 10.6. The largest absolute Gasteiger partial charge is 0.383 e. The van der Waals surface area contributed by atoms with Gasteiger partial charge in [0.25, 0.3) is 5.56 Å². The quantitative estimate of drug-likeness (QED) is 0.741. The summed E-state index contributed by atoms with van der Waals surface area (Å²) in [6.45, 7) is 0. The monoisotopic (exact) mass is 296 g/mol. The second kappa shape index (κ2) is 5.48. The van der Waals surface area contributed by atoms with Gasteiger partial charge in [0.2, 0.25) is 0 Å². The molecule has 3 aromatic rings. The van der Waals surface area contributed by atoms with Crippen LogP contribution in [0.4, 0.5) is 0 Å². The van der Waals surface area contributed by atoms with Crippen molar-refractivity contribution in [2.45, 2.75) is 0 Å². The van der Waals surface area contributed by atoms with E-state index in [4.69, 9.17) is 4.52 Å². The summed E-state index contributed by atoms with van der Waals surface area (Å²) in [4.78, 5) is 14.1. The van der Waals surface area contributed by atoms with Crippen molar-refractivity contribution in [3.05, 3.63) is 52.6 Å². The third-order valence-corrected chi connectivity index (χ3v) is 3.27. The molecule has 0 fully saturated rings. The van der Waals surface area contributed by atoms with E-state index in [1.807, 2.05) is 55.5 Å². The molecule has 1 aromatic carbocycles. The van der Waals surface area contributed by atoms with E-state index in [1.165, 1.54) is 4.68 Å². The molecule has 0 aliphatic heterocycles. The van der Waals surface area contributed by atoms with Gasteiger partial charge in [-0.2, -0.15) is 5.10 Å². The zero-order chi connectivity index (χ0) is 15.7. The molecule has 112 valence electrons. The summed E-state index contributed by atoms with van der Waals surface area (Å²) >= 11 is 0. The van der Waals surface area contributed by atoms with Crippen LogP contribution < -0.4 is 5.56 Å². The van der Waals surface area contributed by atoms with Crippen LogP contribution in [0.5, 0.6) is 0 Å². The molecule has 0 amide bonds. The second-order valence-corrected chi connectivity index (χ2v) is 5.19. The van der Waals surface area contributed by atoms with E-state index >= 15 is 0 Å². The lowest BCUT2D eigenvalue weighted by Gasteiger charge is -2.05. The molecule has 0 aliphatic rings. The Bertz CT molecular complexity index is 892. The van der Waals surface area contributed by atoms with Crippen molar-refractivity contribution in [3.8, 4) is 11.3 Å². The van der Waals surface area contributed by atoms with Gasteiger partial charge in [0.1, 0.15) is 5.69 Å². The van der Waals surface area contributed by atoms with Gasteiger partial charge in [0, 0.05) is 39.0 Å². The number of aromatic nitrogens is 3. The second-order valence-electron chi connectivity index (χ2n) is 5.19. The molecule has 0 radical (unpaired) electrons. The van der Waals surface area contributed by atoms with E-state index < -0.39 is 0 Å². The van der Waals surface area contributed by atoms with Gasteiger partial charge in [0.15, 0.2) is 11.3 Å². The average Bonchev–Trinajstić information content (AvgIpc) is 2.94. The minimum atomic E-state index is -0.275.